The summed E-state index contributed by atoms with van der Waals surface area (Å²) < 4.78 is 5.80. The molecule has 21 heavy (non-hydrogen) atoms. The number of hydrogen-bond donors (Lipinski definition) is 1. The number of ether oxygens (including phenoxy) is 1. The Kier molecular flexibility index (Phi) is 5.76. The van der Waals surface area contributed by atoms with Crippen molar-refractivity contribution in [2.45, 2.75) is 39.8 Å². The molecule has 0 aliphatic rings. The average molecular weight is 284 g/mol. The highest BCUT2D eigenvalue weighted by Crippen LogP contribution is 2.19. The predicted octanol–water partition coefficient (Wildman–Crippen LogP) is 3.89. The van der Waals surface area contributed by atoms with E-state index in [0.29, 0.717) is 12.5 Å². The fourth-order valence-electron chi connectivity index (χ4n) is 2.07. The summed E-state index contributed by atoms with van der Waals surface area (Å²) in [7, 11) is 0. The molecule has 0 aliphatic heterocycles. The molecule has 0 saturated carbocycles. The van der Waals surface area contributed by atoms with Crippen molar-refractivity contribution in [3.05, 3.63) is 59.4 Å². The van der Waals surface area contributed by atoms with E-state index in [1.165, 1.54) is 5.56 Å². The molecule has 1 heterocycles. The zero-order valence-electron chi connectivity index (χ0n) is 13.1. The van der Waals surface area contributed by atoms with E-state index in [2.05, 4.69) is 43.2 Å². The SMILES string of the molecule is CCNCc1cccc(COc2ccc(C(C)C)cc2)n1. The maximum atomic E-state index is 5.80. The van der Waals surface area contributed by atoms with Gasteiger partial charge in [-0.05, 0) is 42.3 Å². The Balaban J connectivity index is 1.93. The van der Waals surface area contributed by atoms with Gasteiger partial charge < -0.3 is 10.1 Å². The number of rotatable bonds is 7. The Hall–Kier alpha value is -1.87. The van der Waals surface area contributed by atoms with Gasteiger partial charge in [-0.25, -0.2) is 0 Å². The fourth-order valence-corrected chi connectivity index (χ4v) is 2.07. The molecule has 0 amide bonds. The van der Waals surface area contributed by atoms with Crippen LogP contribution in [0.15, 0.2) is 42.5 Å². The van der Waals surface area contributed by atoms with Gasteiger partial charge in [0.05, 0.1) is 11.4 Å². The van der Waals surface area contributed by atoms with Crippen molar-refractivity contribution in [1.29, 1.82) is 0 Å². The van der Waals surface area contributed by atoms with Crippen LogP contribution in [0.2, 0.25) is 0 Å². The molecular weight excluding hydrogens is 260 g/mol. The second kappa shape index (κ2) is 7.79. The highest BCUT2D eigenvalue weighted by Gasteiger charge is 2.02. The first-order valence-electron chi connectivity index (χ1n) is 7.57. The summed E-state index contributed by atoms with van der Waals surface area (Å²) in [6, 6.07) is 14.3. The van der Waals surface area contributed by atoms with Crippen molar-refractivity contribution >= 4 is 0 Å². The highest BCUT2D eigenvalue weighted by molar-refractivity contribution is 5.29. The second-order valence-electron chi connectivity index (χ2n) is 5.41. The van der Waals surface area contributed by atoms with Crippen LogP contribution in [0.25, 0.3) is 0 Å². The highest BCUT2D eigenvalue weighted by atomic mass is 16.5. The zero-order valence-corrected chi connectivity index (χ0v) is 13.1. The number of pyridine rings is 1. The topological polar surface area (TPSA) is 34.1 Å². The van der Waals surface area contributed by atoms with E-state index in [1.54, 1.807) is 0 Å². The van der Waals surface area contributed by atoms with Gasteiger partial charge in [0.1, 0.15) is 12.4 Å². The molecule has 3 nitrogen and oxygen atoms in total. The maximum Gasteiger partial charge on any atom is 0.130 e. The van der Waals surface area contributed by atoms with Crippen LogP contribution < -0.4 is 10.1 Å². The van der Waals surface area contributed by atoms with Crippen LogP contribution in [0.3, 0.4) is 0 Å². The van der Waals surface area contributed by atoms with Gasteiger partial charge >= 0.3 is 0 Å². The second-order valence-corrected chi connectivity index (χ2v) is 5.41. The lowest BCUT2D eigenvalue weighted by atomic mass is 10.0. The van der Waals surface area contributed by atoms with Crippen LogP contribution in [0, 0.1) is 0 Å². The van der Waals surface area contributed by atoms with E-state index >= 15 is 0 Å². The normalized spacial score (nSPS) is 10.9. The van der Waals surface area contributed by atoms with Crippen molar-refractivity contribution in [2.75, 3.05) is 6.54 Å². The van der Waals surface area contributed by atoms with Crippen molar-refractivity contribution in [3.8, 4) is 5.75 Å². The summed E-state index contributed by atoms with van der Waals surface area (Å²) in [6.45, 7) is 8.72. The first-order chi connectivity index (χ1) is 10.2. The van der Waals surface area contributed by atoms with E-state index in [-0.39, 0.29) is 0 Å². The summed E-state index contributed by atoms with van der Waals surface area (Å²) in [5.74, 6) is 1.43. The molecule has 0 unspecified atom stereocenters. The lowest BCUT2D eigenvalue weighted by Gasteiger charge is -2.09. The molecular formula is C18H24N2O. The van der Waals surface area contributed by atoms with Crippen LogP contribution in [0.1, 0.15) is 43.6 Å². The maximum absolute atomic E-state index is 5.80. The molecule has 2 rings (SSSR count). The Bertz CT molecular complexity index is 549. The third-order valence-corrected chi connectivity index (χ3v) is 3.35. The van der Waals surface area contributed by atoms with Gasteiger partial charge in [0.25, 0.3) is 0 Å². The number of hydrogen-bond acceptors (Lipinski definition) is 3. The van der Waals surface area contributed by atoms with Crippen molar-refractivity contribution in [2.24, 2.45) is 0 Å². The van der Waals surface area contributed by atoms with Gasteiger partial charge in [-0.15, -0.1) is 0 Å². The Morgan fingerprint density at radius 1 is 1.05 bits per heavy atom. The molecule has 1 N–H and O–H groups in total. The fraction of sp³-hybridized carbons (Fsp3) is 0.389. The van der Waals surface area contributed by atoms with Gasteiger partial charge in [-0.2, -0.15) is 0 Å². The molecule has 1 aromatic heterocycles. The average Bonchev–Trinajstić information content (AvgIpc) is 2.52. The van der Waals surface area contributed by atoms with Crippen molar-refractivity contribution < 1.29 is 4.74 Å². The largest absolute Gasteiger partial charge is 0.487 e. The Morgan fingerprint density at radius 2 is 1.76 bits per heavy atom. The monoisotopic (exact) mass is 284 g/mol. The summed E-state index contributed by atoms with van der Waals surface area (Å²) in [5.41, 5.74) is 3.33. The first-order valence-corrected chi connectivity index (χ1v) is 7.57. The lowest BCUT2D eigenvalue weighted by Crippen LogP contribution is -2.13. The number of benzene rings is 1. The molecule has 0 radical (unpaired) electrons. The molecule has 0 spiro atoms. The third-order valence-electron chi connectivity index (χ3n) is 3.35. The van der Waals surface area contributed by atoms with Crippen LogP contribution in [0.5, 0.6) is 5.75 Å². The van der Waals surface area contributed by atoms with Gasteiger partial charge in [-0.3, -0.25) is 4.98 Å². The van der Waals surface area contributed by atoms with Gasteiger partial charge in [0.15, 0.2) is 0 Å². The smallest absolute Gasteiger partial charge is 0.130 e. The van der Waals surface area contributed by atoms with Crippen molar-refractivity contribution in [3.63, 3.8) is 0 Å². The Labute approximate surface area is 127 Å². The van der Waals surface area contributed by atoms with E-state index in [9.17, 15) is 0 Å². The molecule has 112 valence electrons. The zero-order chi connectivity index (χ0) is 15.1. The van der Waals surface area contributed by atoms with Gasteiger partial charge in [0, 0.05) is 6.54 Å². The summed E-state index contributed by atoms with van der Waals surface area (Å²) in [4.78, 5) is 4.58. The van der Waals surface area contributed by atoms with E-state index in [1.807, 2.05) is 30.3 Å². The quantitative estimate of drug-likeness (QED) is 0.837. The molecule has 1 aromatic carbocycles. The Morgan fingerprint density at radius 3 is 2.43 bits per heavy atom. The van der Waals surface area contributed by atoms with Crippen LogP contribution >= 0.6 is 0 Å². The molecule has 0 atom stereocenters. The van der Waals surface area contributed by atoms with E-state index in [4.69, 9.17) is 4.74 Å². The molecule has 0 fully saturated rings. The molecule has 0 saturated heterocycles. The van der Waals surface area contributed by atoms with E-state index < -0.39 is 0 Å². The number of nitrogens with zero attached hydrogens (tertiary/aromatic N) is 1. The predicted molar refractivity (Wildman–Crippen MR) is 86.5 cm³/mol. The first kappa shape index (κ1) is 15.5. The van der Waals surface area contributed by atoms with Gasteiger partial charge in [-0.1, -0.05) is 39.0 Å². The van der Waals surface area contributed by atoms with Crippen LogP contribution in [-0.2, 0) is 13.2 Å². The summed E-state index contributed by atoms with van der Waals surface area (Å²) >= 11 is 0. The van der Waals surface area contributed by atoms with Crippen molar-refractivity contribution in [1.82, 2.24) is 10.3 Å². The minimum absolute atomic E-state index is 0.501. The minimum Gasteiger partial charge on any atom is -0.487 e. The van der Waals surface area contributed by atoms with Crippen LogP contribution in [-0.4, -0.2) is 11.5 Å². The minimum atomic E-state index is 0.501. The number of aromatic nitrogens is 1. The van der Waals surface area contributed by atoms with E-state index in [0.717, 1.165) is 30.2 Å². The standard InChI is InChI=1S/C18H24N2O/c1-4-19-12-16-6-5-7-17(20-16)13-21-18-10-8-15(9-11-18)14(2)3/h5-11,14,19H,4,12-13H2,1-3H3. The van der Waals surface area contributed by atoms with Crippen LogP contribution in [0.4, 0.5) is 0 Å². The lowest BCUT2D eigenvalue weighted by molar-refractivity contribution is 0.301. The molecule has 2 aromatic rings. The van der Waals surface area contributed by atoms with Gasteiger partial charge in [0.2, 0.25) is 0 Å². The summed E-state index contributed by atoms with van der Waals surface area (Å²) in [5, 5.41) is 3.28. The summed E-state index contributed by atoms with van der Waals surface area (Å²) in [6.07, 6.45) is 0. The molecule has 0 bridgehead atoms. The third kappa shape index (κ3) is 4.87. The molecule has 3 heteroatoms. The number of nitrogens with one attached hydrogen (secondary N) is 1. The molecule has 0 aliphatic carbocycles.